The molecule has 0 aliphatic carbocycles. The van der Waals surface area contributed by atoms with Crippen molar-refractivity contribution in [3.8, 4) is 0 Å². The van der Waals surface area contributed by atoms with Crippen LogP contribution >= 0.6 is 27.5 Å². The quantitative estimate of drug-likeness (QED) is 0.849. The zero-order valence-electron chi connectivity index (χ0n) is 8.95. The van der Waals surface area contributed by atoms with Gasteiger partial charge in [0.05, 0.1) is 5.69 Å². The fourth-order valence-corrected chi connectivity index (χ4v) is 1.79. The maximum absolute atomic E-state index is 12.7. The highest BCUT2D eigenvalue weighted by molar-refractivity contribution is 9.10. The van der Waals surface area contributed by atoms with Crippen molar-refractivity contribution in [2.24, 2.45) is 0 Å². The van der Waals surface area contributed by atoms with Gasteiger partial charge in [-0.3, -0.25) is 4.79 Å². The topological polar surface area (TPSA) is 42.0 Å². The average Bonchev–Trinajstić information content (AvgIpc) is 2.34. The standard InChI is InChI=1S/C12H7BrClFN2O/c13-8-5-10(11(14)16-6-8)17-12(18)7-1-3-9(15)4-2-7/h1-6H,(H,17,18). The van der Waals surface area contributed by atoms with Crippen molar-refractivity contribution in [3.05, 3.63) is 57.5 Å². The molecular weight excluding hydrogens is 323 g/mol. The van der Waals surface area contributed by atoms with Crippen LogP contribution in [0.25, 0.3) is 0 Å². The summed E-state index contributed by atoms with van der Waals surface area (Å²) in [6.45, 7) is 0. The van der Waals surface area contributed by atoms with Crippen molar-refractivity contribution in [1.82, 2.24) is 4.98 Å². The number of rotatable bonds is 2. The summed E-state index contributed by atoms with van der Waals surface area (Å²) in [7, 11) is 0. The smallest absolute Gasteiger partial charge is 0.255 e. The highest BCUT2D eigenvalue weighted by Gasteiger charge is 2.09. The van der Waals surface area contributed by atoms with Gasteiger partial charge in [0.2, 0.25) is 0 Å². The molecule has 0 saturated carbocycles. The Morgan fingerprint density at radius 2 is 2.00 bits per heavy atom. The van der Waals surface area contributed by atoms with E-state index >= 15 is 0 Å². The first-order valence-corrected chi connectivity index (χ1v) is 6.11. The van der Waals surface area contributed by atoms with Crippen molar-refractivity contribution >= 4 is 39.1 Å². The molecule has 0 bridgehead atoms. The average molecular weight is 330 g/mol. The van der Waals surface area contributed by atoms with Crippen LogP contribution in [-0.2, 0) is 0 Å². The van der Waals surface area contributed by atoms with E-state index in [-0.39, 0.29) is 11.1 Å². The number of nitrogens with zero attached hydrogens (tertiary/aromatic N) is 1. The lowest BCUT2D eigenvalue weighted by atomic mass is 10.2. The molecule has 1 amide bonds. The van der Waals surface area contributed by atoms with E-state index in [4.69, 9.17) is 11.6 Å². The third-order valence-electron chi connectivity index (χ3n) is 2.16. The number of halogens is 3. The molecule has 0 saturated heterocycles. The third-order valence-corrected chi connectivity index (χ3v) is 2.90. The molecule has 18 heavy (non-hydrogen) atoms. The second-order valence-corrected chi connectivity index (χ2v) is 4.73. The van der Waals surface area contributed by atoms with Crippen LogP contribution in [0.2, 0.25) is 5.15 Å². The molecule has 92 valence electrons. The Morgan fingerprint density at radius 3 is 2.67 bits per heavy atom. The summed E-state index contributed by atoms with van der Waals surface area (Å²) < 4.78 is 13.4. The van der Waals surface area contributed by atoms with Gasteiger partial charge in [-0.25, -0.2) is 9.37 Å². The zero-order chi connectivity index (χ0) is 13.1. The molecular formula is C12H7BrClFN2O. The normalized spacial score (nSPS) is 10.2. The number of amides is 1. The first-order valence-electron chi connectivity index (χ1n) is 4.94. The minimum absolute atomic E-state index is 0.189. The lowest BCUT2D eigenvalue weighted by molar-refractivity contribution is 0.102. The molecule has 1 aromatic heterocycles. The van der Waals surface area contributed by atoms with E-state index < -0.39 is 5.82 Å². The Labute approximate surface area is 116 Å². The summed E-state index contributed by atoms with van der Waals surface area (Å²) in [4.78, 5) is 15.7. The van der Waals surface area contributed by atoms with Gasteiger partial charge in [0, 0.05) is 16.2 Å². The van der Waals surface area contributed by atoms with Crippen molar-refractivity contribution in [3.63, 3.8) is 0 Å². The fraction of sp³-hybridized carbons (Fsp3) is 0. The number of hydrogen-bond donors (Lipinski definition) is 1. The first kappa shape index (κ1) is 13.0. The van der Waals surface area contributed by atoms with Gasteiger partial charge >= 0.3 is 0 Å². The van der Waals surface area contributed by atoms with Crippen molar-refractivity contribution in [2.75, 3.05) is 5.32 Å². The summed E-state index contributed by atoms with van der Waals surface area (Å²) >= 11 is 9.08. The van der Waals surface area contributed by atoms with Crippen LogP contribution in [0.1, 0.15) is 10.4 Å². The van der Waals surface area contributed by atoms with Crippen LogP contribution in [0, 0.1) is 5.82 Å². The van der Waals surface area contributed by atoms with Crippen molar-refractivity contribution in [1.29, 1.82) is 0 Å². The summed E-state index contributed by atoms with van der Waals surface area (Å²) in [6, 6.07) is 6.86. The van der Waals surface area contributed by atoms with Gasteiger partial charge in [-0.05, 0) is 46.3 Å². The number of nitrogens with one attached hydrogen (secondary N) is 1. The number of carbonyl (C=O) groups is 1. The predicted molar refractivity (Wildman–Crippen MR) is 71.3 cm³/mol. The fourth-order valence-electron chi connectivity index (χ4n) is 1.31. The molecule has 1 aromatic carbocycles. The van der Waals surface area contributed by atoms with Gasteiger partial charge < -0.3 is 5.32 Å². The second kappa shape index (κ2) is 5.46. The summed E-state index contributed by atoms with van der Waals surface area (Å²) in [6.07, 6.45) is 1.52. The molecule has 0 fully saturated rings. The van der Waals surface area contributed by atoms with Gasteiger partial charge in [0.25, 0.3) is 5.91 Å². The molecule has 2 rings (SSSR count). The van der Waals surface area contributed by atoms with Gasteiger partial charge in [-0.1, -0.05) is 11.6 Å². The lowest BCUT2D eigenvalue weighted by Gasteiger charge is -2.07. The number of carbonyl (C=O) groups excluding carboxylic acids is 1. The Balaban J connectivity index is 2.21. The SMILES string of the molecule is O=C(Nc1cc(Br)cnc1Cl)c1ccc(F)cc1. The summed E-state index contributed by atoms with van der Waals surface area (Å²) in [5.74, 6) is -0.773. The van der Waals surface area contributed by atoms with Crippen LogP contribution in [0.3, 0.4) is 0 Å². The summed E-state index contributed by atoms with van der Waals surface area (Å²) in [5.41, 5.74) is 0.729. The minimum atomic E-state index is -0.395. The van der Waals surface area contributed by atoms with Crippen LogP contribution in [0.15, 0.2) is 41.0 Å². The molecule has 0 atom stereocenters. The minimum Gasteiger partial charge on any atom is -0.319 e. The van der Waals surface area contributed by atoms with Crippen molar-refractivity contribution in [2.45, 2.75) is 0 Å². The molecule has 1 heterocycles. The van der Waals surface area contributed by atoms with E-state index in [2.05, 4.69) is 26.2 Å². The molecule has 1 N–H and O–H groups in total. The van der Waals surface area contributed by atoms with Crippen LogP contribution < -0.4 is 5.32 Å². The Bertz CT molecular complexity index is 589. The van der Waals surface area contributed by atoms with E-state index in [9.17, 15) is 9.18 Å². The highest BCUT2D eigenvalue weighted by Crippen LogP contribution is 2.23. The van der Waals surface area contributed by atoms with Gasteiger partial charge in [0.1, 0.15) is 5.82 Å². The van der Waals surface area contributed by atoms with E-state index in [0.29, 0.717) is 15.7 Å². The number of pyridine rings is 1. The van der Waals surface area contributed by atoms with Crippen molar-refractivity contribution < 1.29 is 9.18 Å². The molecule has 0 radical (unpaired) electrons. The number of aromatic nitrogens is 1. The van der Waals surface area contributed by atoms with E-state index in [1.807, 2.05) is 0 Å². The number of benzene rings is 1. The van der Waals surface area contributed by atoms with E-state index in [0.717, 1.165) is 0 Å². The monoisotopic (exact) mass is 328 g/mol. The maximum Gasteiger partial charge on any atom is 0.255 e. The molecule has 0 aliphatic heterocycles. The summed E-state index contributed by atoms with van der Waals surface area (Å²) in [5, 5.41) is 2.79. The predicted octanol–water partition coefficient (Wildman–Crippen LogP) is 3.89. The van der Waals surface area contributed by atoms with Crippen LogP contribution in [0.4, 0.5) is 10.1 Å². The Hall–Kier alpha value is -1.46. The van der Waals surface area contributed by atoms with Gasteiger partial charge in [-0.2, -0.15) is 0 Å². The van der Waals surface area contributed by atoms with E-state index in [1.54, 1.807) is 6.07 Å². The number of hydrogen-bond acceptors (Lipinski definition) is 2. The molecule has 3 nitrogen and oxygen atoms in total. The van der Waals surface area contributed by atoms with Crippen LogP contribution in [-0.4, -0.2) is 10.9 Å². The maximum atomic E-state index is 12.7. The molecule has 0 aliphatic rings. The Morgan fingerprint density at radius 1 is 1.33 bits per heavy atom. The largest absolute Gasteiger partial charge is 0.319 e. The van der Waals surface area contributed by atoms with Crippen LogP contribution in [0.5, 0.6) is 0 Å². The molecule has 0 unspecified atom stereocenters. The Kier molecular flexibility index (Phi) is 3.93. The second-order valence-electron chi connectivity index (χ2n) is 3.45. The number of anilines is 1. The molecule has 0 spiro atoms. The zero-order valence-corrected chi connectivity index (χ0v) is 11.3. The van der Waals surface area contributed by atoms with Gasteiger partial charge in [-0.15, -0.1) is 0 Å². The van der Waals surface area contributed by atoms with E-state index in [1.165, 1.54) is 30.5 Å². The third kappa shape index (κ3) is 3.05. The lowest BCUT2D eigenvalue weighted by Crippen LogP contribution is -2.12. The molecule has 6 heteroatoms. The molecule has 2 aromatic rings. The highest BCUT2D eigenvalue weighted by atomic mass is 79.9. The van der Waals surface area contributed by atoms with Gasteiger partial charge in [0.15, 0.2) is 5.15 Å². The first-order chi connectivity index (χ1) is 8.56.